The Morgan fingerprint density at radius 3 is 1.05 bits per heavy atom. The second kappa shape index (κ2) is 10.6. The number of aromatic nitrogens is 1. The Bertz CT molecular complexity index is 2040. The van der Waals surface area contributed by atoms with Crippen molar-refractivity contribution in [2.45, 2.75) is 0 Å². The Morgan fingerprint density at radius 2 is 0.651 bits per heavy atom. The Balaban J connectivity index is 1.52. The average molecular weight is 548 g/mol. The lowest BCUT2D eigenvalue weighted by Gasteiger charge is -2.20. The van der Waals surface area contributed by atoms with Crippen LogP contribution in [0.3, 0.4) is 0 Å². The minimum Gasteiger partial charge on any atom is -0.308 e. The monoisotopic (exact) mass is 547 g/mol. The van der Waals surface area contributed by atoms with Crippen LogP contribution in [0.2, 0.25) is 0 Å². The summed E-state index contributed by atoms with van der Waals surface area (Å²) in [6.07, 6.45) is 0. The summed E-state index contributed by atoms with van der Waals surface area (Å²) in [7, 11) is 0. The average Bonchev–Trinajstić information content (AvgIpc) is 3.53. The predicted octanol–water partition coefficient (Wildman–Crippen LogP) is 11.5. The molecule has 0 fully saturated rings. The predicted molar refractivity (Wildman–Crippen MR) is 183 cm³/mol. The van der Waals surface area contributed by atoms with Crippen molar-refractivity contribution in [2.75, 3.05) is 0 Å². The Kier molecular flexibility index (Phi) is 6.20. The van der Waals surface area contributed by atoms with E-state index in [9.17, 15) is 0 Å². The van der Waals surface area contributed by atoms with Crippen molar-refractivity contribution >= 4 is 21.5 Å². The van der Waals surface area contributed by atoms with Crippen LogP contribution in [0, 0.1) is 0 Å². The molecular formula is C42H29N. The molecule has 0 N–H and O–H groups in total. The number of hydrogen-bond acceptors (Lipinski definition) is 0. The molecule has 1 heterocycles. The van der Waals surface area contributed by atoms with Crippen LogP contribution in [0.4, 0.5) is 0 Å². The fourth-order valence-electron chi connectivity index (χ4n) is 6.29. The molecule has 0 saturated carbocycles. The highest BCUT2D eigenvalue weighted by Crippen LogP contribution is 2.41. The van der Waals surface area contributed by atoms with Gasteiger partial charge in [-0.3, -0.25) is 0 Å². The molecule has 0 saturated heterocycles. The zero-order valence-electron chi connectivity index (χ0n) is 23.7. The van der Waals surface area contributed by atoms with Crippen LogP contribution in [0.15, 0.2) is 176 Å². The van der Waals surface area contributed by atoms with Crippen molar-refractivity contribution in [1.29, 1.82) is 0 Å². The molecule has 8 aromatic rings. The number of fused-ring (bicyclic) bond motifs is 2. The first-order chi connectivity index (χ1) is 21.3. The highest BCUT2D eigenvalue weighted by atomic mass is 15.0. The molecule has 7 aromatic carbocycles. The first-order valence-corrected chi connectivity index (χ1v) is 14.8. The van der Waals surface area contributed by atoms with Crippen LogP contribution in [0.25, 0.3) is 72.0 Å². The van der Waals surface area contributed by atoms with Gasteiger partial charge in [-0.25, -0.2) is 0 Å². The van der Waals surface area contributed by atoms with E-state index in [1.807, 2.05) is 0 Å². The zero-order valence-corrected chi connectivity index (χ0v) is 23.7. The lowest BCUT2D eigenvalue weighted by Crippen LogP contribution is -2.02. The van der Waals surface area contributed by atoms with Crippen molar-refractivity contribution in [3.63, 3.8) is 0 Å². The third-order valence-electron chi connectivity index (χ3n) is 8.39. The smallest absolute Gasteiger partial charge is 0.0619 e. The molecule has 0 aliphatic carbocycles. The van der Waals surface area contributed by atoms with E-state index in [-0.39, 0.29) is 0 Å². The SMILES string of the molecule is c1ccc(-c2ccc3cc4ccc(-c5ccccc5)cc4c(-n4c(-c5ccccc5)ccc4-c4ccccc4)c3c2)cc1. The van der Waals surface area contributed by atoms with E-state index in [1.165, 1.54) is 72.0 Å². The van der Waals surface area contributed by atoms with Gasteiger partial charge >= 0.3 is 0 Å². The Hall–Kier alpha value is -5.66. The molecule has 1 aromatic heterocycles. The van der Waals surface area contributed by atoms with Gasteiger partial charge in [-0.2, -0.15) is 0 Å². The van der Waals surface area contributed by atoms with Crippen molar-refractivity contribution < 1.29 is 0 Å². The first-order valence-electron chi connectivity index (χ1n) is 14.8. The highest BCUT2D eigenvalue weighted by molar-refractivity contribution is 6.10. The van der Waals surface area contributed by atoms with Crippen molar-refractivity contribution in [3.8, 4) is 50.5 Å². The summed E-state index contributed by atoms with van der Waals surface area (Å²) in [4.78, 5) is 0. The number of nitrogens with zero attached hydrogens (tertiary/aromatic N) is 1. The molecule has 0 aliphatic rings. The standard InChI is InChI=1S/C42H29N/c1-5-13-30(14-6-1)34-21-23-36-27-37-24-22-35(31-15-7-2-8-16-31)29-39(37)42(38(36)28-34)43-40(32-17-9-3-10-18-32)25-26-41(43)33-19-11-4-12-20-33/h1-29H. The molecule has 8 rings (SSSR count). The van der Waals surface area contributed by atoms with Crippen molar-refractivity contribution in [2.24, 2.45) is 0 Å². The summed E-state index contributed by atoms with van der Waals surface area (Å²) in [6.45, 7) is 0. The van der Waals surface area contributed by atoms with Crippen LogP contribution in [0.5, 0.6) is 0 Å². The third kappa shape index (κ3) is 4.52. The van der Waals surface area contributed by atoms with Crippen LogP contribution in [0.1, 0.15) is 0 Å². The van der Waals surface area contributed by atoms with Gasteiger partial charge in [0.1, 0.15) is 0 Å². The lowest BCUT2D eigenvalue weighted by atomic mass is 9.94. The Labute approximate surface area is 251 Å². The summed E-state index contributed by atoms with van der Waals surface area (Å²) in [5.74, 6) is 0. The first kappa shape index (κ1) is 25.1. The second-order valence-corrected chi connectivity index (χ2v) is 11.0. The molecule has 1 nitrogen and oxygen atoms in total. The van der Waals surface area contributed by atoms with Crippen LogP contribution in [-0.4, -0.2) is 4.57 Å². The number of hydrogen-bond donors (Lipinski definition) is 0. The van der Waals surface area contributed by atoms with Crippen molar-refractivity contribution in [3.05, 3.63) is 176 Å². The Morgan fingerprint density at radius 1 is 0.279 bits per heavy atom. The maximum Gasteiger partial charge on any atom is 0.0619 e. The fourth-order valence-corrected chi connectivity index (χ4v) is 6.29. The summed E-state index contributed by atoms with van der Waals surface area (Å²) in [5, 5.41) is 4.90. The van der Waals surface area contributed by atoms with E-state index in [0.29, 0.717) is 0 Å². The van der Waals surface area contributed by atoms with Gasteiger partial charge in [-0.1, -0.05) is 146 Å². The third-order valence-corrected chi connectivity index (χ3v) is 8.39. The topological polar surface area (TPSA) is 4.93 Å². The molecule has 1 heteroatoms. The summed E-state index contributed by atoms with van der Waals surface area (Å²) < 4.78 is 2.48. The van der Waals surface area contributed by atoms with Gasteiger partial charge in [0.25, 0.3) is 0 Å². The van der Waals surface area contributed by atoms with E-state index in [1.54, 1.807) is 0 Å². The molecule has 0 unspecified atom stereocenters. The van der Waals surface area contributed by atoms with E-state index in [2.05, 4.69) is 180 Å². The lowest BCUT2D eigenvalue weighted by molar-refractivity contribution is 1.12. The quantitative estimate of drug-likeness (QED) is 0.189. The van der Waals surface area contributed by atoms with Gasteiger partial charge in [-0.05, 0) is 74.5 Å². The van der Waals surface area contributed by atoms with Gasteiger partial charge in [0.05, 0.1) is 17.1 Å². The molecular weight excluding hydrogens is 518 g/mol. The summed E-state index contributed by atoms with van der Waals surface area (Å²) in [5.41, 5.74) is 10.8. The summed E-state index contributed by atoms with van der Waals surface area (Å²) >= 11 is 0. The molecule has 0 amide bonds. The normalized spacial score (nSPS) is 11.3. The largest absolute Gasteiger partial charge is 0.308 e. The molecule has 0 aliphatic heterocycles. The number of rotatable bonds is 5. The van der Waals surface area contributed by atoms with Crippen LogP contribution < -0.4 is 0 Å². The zero-order chi connectivity index (χ0) is 28.6. The highest BCUT2D eigenvalue weighted by Gasteiger charge is 2.19. The molecule has 0 atom stereocenters. The van der Waals surface area contributed by atoms with E-state index < -0.39 is 0 Å². The molecule has 0 bridgehead atoms. The molecule has 0 radical (unpaired) electrons. The summed E-state index contributed by atoms with van der Waals surface area (Å²) in [6, 6.07) is 63.5. The van der Waals surface area contributed by atoms with Gasteiger partial charge < -0.3 is 4.57 Å². The van der Waals surface area contributed by atoms with E-state index >= 15 is 0 Å². The molecule has 0 spiro atoms. The van der Waals surface area contributed by atoms with Gasteiger partial charge in [0, 0.05) is 10.8 Å². The molecule has 43 heavy (non-hydrogen) atoms. The maximum atomic E-state index is 2.48. The second-order valence-electron chi connectivity index (χ2n) is 11.0. The maximum absolute atomic E-state index is 2.48. The van der Waals surface area contributed by atoms with Gasteiger partial charge in [0.2, 0.25) is 0 Å². The van der Waals surface area contributed by atoms with Gasteiger partial charge in [-0.15, -0.1) is 0 Å². The molecule has 202 valence electrons. The van der Waals surface area contributed by atoms with E-state index in [0.717, 1.165) is 0 Å². The minimum atomic E-state index is 1.17. The van der Waals surface area contributed by atoms with E-state index in [4.69, 9.17) is 0 Å². The van der Waals surface area contributed by atoms with Crippen LogP contribution >= 0.6 is 0 Å². The number of benzene rings is 7. The minimum absolute atomic E-state index is 1.17. The van der Waals surface area contributed by atoms with Gasteiger partial charge in [0.15, 0.2) is 0 Å². The van der Waals surface area contributed by atoms with Crippen molar-refractivity contribution in [1.82, 2.24) is 4.57 Å². The fraction of sp³-hybridized carbons (Fsp3) is 0. The van der Waals surface area contributed by atoms with Crippen LogP contribution in [-0.2, 0) is 0 Å².